The third-order valence-corrected chi connectivity index (χ3v) is 4.96. The fourth-order valence-corrected chi connectivity index (χ4v) is 3.80. The van der Waals surface area contributed by atoms with E-state index in [-0.39, 0.29) is 0 Å². The first-order chi connectivity index (χ1) is 8.81. The van der Waals surface area contributed by atoms with Crippen LogP contribution in [0.25, 0.3) is 0 Å². The molecule has 0 spiro atoms. The van der Waals surface area contributed by atoms with Crippen molar-refractivity contribution in [1.82, 2.24) is 5.32 Å². The van der Waals surface area contributed by atoms with Gasteiger partial charge in [-0.25, -0.2) is 0 Å². The van der Waals surface area contributed by atoms with Gasteiger partial charge in [0.05, 0.1) is 0 Å². The molecule has 0 unspecified atom stereocenters. The Bertz CT molecular complexity index is 418. The molecular formula is C17H25N. The Morgan fingerprint density at radius 1 is 1.06 bits per heavy atom. The van der Waals surface area contributed by atoms with Crippen LogP contribution in [0.3, 0.4) is 0 Å². The SMILES string of the molecule is CNCC1(Cc2ccc3c(c2)CCCC3)CCC1. The van der Waals surface area contributed by atoms with Crippen LogP contribution in [-0.2, 0) is 19.3 Å². The molecule has 1 fully saturated rings. The molecule has 0 amide bonds. The first-order valence-corrected chi connectivity index (χ1v) is 7.57. The molecule has 0 saturated heterocycles. The van der Waals surface area contributed by atoms with Crippen molar-refractivity contribution in [2.45, 2.75) is 51.4 Å². The Balaban J connectivity index is 1.76. The van der Waals surface area contributed by atoms with Crippen LogP contribution in [0.15, 0.2) is 18.2 Å². The summed E-state index contributed by atoms with van der Waals surface area (Å²) in [5.74, 6) is 0. The molecular weight excluding hydrogens is 218 g/mol. The smallest absolute Gasteiger partial charge is 0.000799 e. The van der Waals surface area contributed by atoms with Crippen LogP contribution < -0.4 is 5.32 Å². The van der Waals surface area contributed by atoms with E-state index in [1.165, 1.54) is 57.9 Å². The average Bonchev–Trinajstić information content (AvgIpc) is 2.36. The highest BCUT2D eigenvalue weighted by molar-refractivity contribution is 5.34. The summed E-state index contributed by atoms with van der Waals surface area (Å²) in [7, 11) is 2.09. The molecule has 1 saturated carbocycles. The van der Waals surface area contributed by atoms with Crippen LogP contribution in [0, 0.1) is 5.41 Å². The molecule has 98 valence electrons. The van der Waals surface area contributed by atoms with Gasteiger partial charge in [-0.1, -0.05) is 24.6 Å². The monoisotopic (exact) mass is 243 g/mol. The van der Waals surface area contributed by atoms with Gasteiger partial charge in [-0.05, 0) is 74.1 Å². The van der Waals surface area contributed by atoms with Gasteiger partial charge in [-0.15, -0.1) is 0 Å². The predicted molar refractivity (Wildman–Crippen MR) is 77.0 cm³/mol. The quantitative estimate of drug-likeness (QED) is 0.853. The van der Waals surface area contributed by atoms with Gasteiger partial charge in [-0.2, -0.15) is 0 Å². The summed E-state index contributed by atoms with van der Waals surface area (Å²) >= 11 is 0. The highest BCUT2D eigenvalue weighted by Gasteiger charge is 2.36. The highest BCUT2D eigenvalue weighted by Crippen LogP contribution is 2.43. The summed E-state index contributed by atoms with van der Waals surface area (Å²) in [6.45, 7) is 1.18. The lowest BCUT2D eigenvalue weighted by Crippen LogP contribution is -2.40. The Morgan fingerprint density at radius 3 is 2.50 bits per heavy atom. The maximum Gasteiger partial charge on any atom is 0.000799 e. The van der Waals surface area contributed by atoms with Crippen molar-refractivity contribution in [3.8, 4) is 0 Å². The molecule has 0 atom stereocenters. The molecule has 2 aliphatic rings. The van der Waals surface area contributed by atoms with Crippen LogP contribution in [0.5, 0.6) is 0 Å². The van der Waals surface area contributed by atoms with Gasteiger partial charge < -0.3 is 5.32 Å². The molecule has 0 radical (unpaired) electrons. The molecule has 0 bridgehead atoms. The predicted octanol–water partition coefficient (Wildman–Crippen LogP) is 3.50. The number of nitrogens with one attached hydrogen (secondary N) is 1. The van der Waals surface area contributed by atoms with Crippen LogP contribution >= 0.6 is 0 Å². The summed E-state index contributed by atoms with van der Waals surface area (Å²) in [6.07, 6.45) is 10.9. The topological polar surface area (TPSA) is 12.0 Å². The largest absolute Gasteiger partial charge is 0.319 e. The first-order valence-electron chi connectivity index (χ1n) is 7.57. The molecule has 2 aliphatic carbocycles. The second-order valence-electron chi connectivity index (χ2n) is 6.37. The van der Waals surface area contributed by atoms with Crippen molar-refractivity contribution in [3.05, 3.63) is 34.9 Å². The summed E-state index contributed by atoms with van der Waals surface area (Å²) < 4.78 is 0. The van der Waals surface area contributed by atoms with E-state index >= 15 is 0 Å². The number of benzene rings is 1. The minimum atomic E-state index is 0.567. The van der Waals surface area contributed by atoms with Gasteiger partial charge in [0.1, 0.15) is 0 Å². The number of rotatable bonds is 4. The zero-order valence-corrected chi connectivity index (χ0v) is 11.6. The van der Waals surface area contributed by atoms with E-state index in [9.17, 15) is 0 Å². The van der Waals surface area contributed by atoms with E-state index in [2.05, 4.69) is 30.6 Å². The lowest BCUT2D eigenvalue weighted by atomic mass is 9.65. The maximum absolute atomic E-state index is 3.39. The van der Waals surface area contributed by atoms with Gasteiger partial charge in [0.25, 0.3) is 0 Å². The van der Waals surface area contributed by atoms with Crippen molar-refractivity contribution in [3.63, 3.8) is 0 Å². The molecule has 1 nitrogen and oxygen atoms in total. The van der Waals surface area contributed by atoms with Gasteiger partial charge >= 0.3 is 0 Å². The van der Waals surface area contributed by atoms with Crippen molar-refractivity contribution in [2.24, 2.45) is 5.41 Å². The molecule has 1 aromatic rings. The molecule has 0 aromatic heterocycles. The number of hydrogen-bond donors (Lipinski definition) is 1. The van der Waals surface area contributed by atoms with Gasteiger partial charge in [-0.3, -0.25) is 0 Å². The Morgan fingerprint density at radius 2 is 1.83 bits per heavy atom. The van der Waals surface area contributed by atoms with E-state index < -0.39 is 0 Å². The fourth-order valence-electron chi connectivity index (χ4n) is 3.80. The van der Waals surface area contributed by atoms with E-state index in [1.807, 2.05) is 0 Å². The lowest BCUT2D eigenvalue weighted by molar-refractivity contribution is 0.133. The minimum absolute atomic E-state index is 0.567. The summed E-state index contributed by atoms with van der Waals surface area (Å²) in [4.78, 5) is 0. The van der Waals surface area contributed by atoms with E-state index in [1.54, 1.807) is 16.7 Å². The van der Waals surface area contributed by atoms with Crippen molar-refractivity contribution in [2.75, 3.05) is 13.6 Å². The van der Waals surface area contributed by atoms with Crippen LogP contribution in [0.2, 0.25) is 0 Å². The summed E-state index contributed by atoms with van der Waals surface area (Å²) in [6, 6.07) is 7.29. The van der Waals surface area contributed by atoms with Gasteiger partial charge in [0.2, 0.25) is 0 Å². The van der Waals surface area contributed by atoms with Crippen molar-refractivity contribution >= 4 is 0 Å². The molecule has 0 heterocycles. The third kappa shape index (κ3) is 2.33. The minimum Gasteiger partial charge on any atom is -0.319 e. The second-order valence-corrected chi connectivity index (χ2v) is 6.37. The Hall–Kier alpha value is -0.820. The maximum atomic E-state index is 3.39. The summed E-state index contributed by atoms with van der Waals surface area (Å²) in [5.41, 5.74) is 5.39. The number of aryl methyl sites for hydroxylation is 2. The molecule has 18 heavy (non-hydrogen) atoms. The van der Waals surface area contributed by atoms with Crippen LogP contribution in [0.4, 0.5) is 0 Å². The highest BCUT2D eigenvalue weighted by atomic mass is 14.8. The van der Waals surface area contributed by atoms with Crippen molar-refractivity contribution in [1.29, 1.82) is 0 Å². The molecule has 1 heteroatoms. The fraction of sp³-hybridized carbons (Fsp3) is 0.647. The Labute approximate surface area is 111 Å². The number of fused-ring (bicyclic) bond motifs is 1. The lowest BCUT2D eigenvalue weighted by Gasteiger charge is -2.42. The van der Waals surface area contributed by atoms with E-state index in [4.69, 9.17) is 0 Å². The molecule has 3 rings (SSSR count). The zero-order chi connectivity index (χ0) is 12.4. The average molecular weight is 243 g/mol. The molecule has 1 N–H and O–H groups in total. The first kappa shape index (κ1) is 12.2. The third-order valence-electron chi connectivity index (χ3n) is 4.96. The number of hydrogen-bond acceptors (Lipinski definition) is 1. The second kappa shape index (κ2) is 5.05. The zero-order valence-electron chi connectivity index (χ0n) is 11.6. The van der Waals surface area contributed by atoms with Crippen LogP contribution in [-0.4, -0.2) is 13.6 Å². The Kier molecular flexibility index (Phi) is 3.43. The van der Waals surface area contributed by atoms with E-state index in [0.717, 1.165) is 0 Å². The van der Waals surface area contributed by atoms with E-state index in [0.29, 0.717) is 5.41 Å². The standard InChI is InChI=1S/C17H25N/c1-18-13-17(9-4-10-17)12-14-7-8-15-5-2-3-6-16(15)11-14/h7-8,11,18H,2-6,9-10,12-13H2,1H3. The molecule has 0 aliphatic heterocycles. The van der Waals surface area contributed by atoms with Gasteiger partial charge in [0.15, 0.2) is 0 Å². The van der Waals surface area contributed by atoms with Crippen LogP contribution in [0.1, 0.15) is 48.8 Å². The summed E-state index contributed by atoms with van der Waals surface area (Å²) in [5, 5.41) is 3.39. The van der Waals surface area contributed by atoms with Crippen molar-refractivity contribution < 1.29 is 0 Å². The molecule has 1 aromatic carbocycles. The van der Waals surface area contributed by atoms with Gasteiger partial charge in [0, 0.05) is 6.54 Å². The normalized spacial score (nSPS) is 21.2.